The zero-order valence-electron chi connectivity index (χ0n) is 14.3. The van der Waals surface area contributed by atoms with E-state index in [4.69, 9.17) is 14.2 Å². The van der Waals surface area contributed by atoms with E-state index >= 15 is 0 Å². The first-order chi connectivity index (χ1) is 12.4. The Morgan fingerprint density at radius 2 is 1.73 bits per heavy atom. The molecule has 1 N–H and O–H groups in total. The van der Waals surface area contributed by atoms with Crippen LogP contribution in [0.1, 0.15) is 0 Å². The van der Waals surface area contributed by atoms with Gasteiger partial charge in [0.2, 0.25) is 0 Å². The number of cyclic esters (lactones) is 1. The van der Waals surface area contributed by atoms with Crippen LogP contribution in [-0.4, -0.2) is 41.9 Å². The molecule has 138 valence electrons. The highest BCUT2D eigenvalue weighted by atomic mass is 32.2. The molecule has 0 radical (unpaired) electrons. The molecule has 1 aliphatic rings. The Morgan fingerprint density at radius 3 is 2.31 bits per heavy atom. The standard InChI is InChI=1S/C17H18N2O6S/c1-23-15-8-3-12(11-16(15)24-2)18-26(21,22)14-6-4-13(5-7-14)19-9-10-25-17(19)20/h3-8,11,18H,9-10H2,1-2H3. The van der Waals surface area contributed by atoms with Crippen molar-refractivity contribution in [2.24, 2.45) is 0 Å². The van der Waals surface area contributed by atoms with E-state index in [9.17, 15) is 13.2 Å². The molecule has 1 fully saturated rings. The van der Waals surface area contributed by atoms with E-state index in [-0.39, 0.29) is 4.90 Å². The molecule has 1 aliphatic heterocycles. The smallest absolute Gasteiger partial charge is 0.414 e. The van der Waals surface area contributed by atoms with Crippen LogP contribution < -0.4 is 19.1 Å². The Hall–Kier alpha value is -2.94. The quantitative estimate of drug-likeness (QED) is 0.830. The van der Waals surface area contributed by atoms with Crippen molar-refractivity contribution in [3.63, 3.8) is 0 Å². The van der Waals surface area contributed by atoms with Crippen molar-refractivity contribution in [1.29, 1.82) is 0 Å². The molecule has 0 bridgehead atoms. The minimum atomic E-state index is -3.79. The number of carbonyl (C=O) groups is 1. The third-order valence-corrected chi connectivity index (χ3v) is 5.25. The molecular formula is C17H18N2O6S. The second kappa shape index (κ2) is 7.12. The maximum atomic E-state index is 12.6. The largest absolute Gasteiger partial charge is 0.493 e. The fourth-order valence-corrected chi connectivity index (χ4v) is 3.60. The Bertz CT molecular complexity index is 911. The van der Waals surface area contributed by atoms with Gasteiger partial charge in [0.25, 0.3) is 10.0 Å². The molecule has 1 heterocycles. The molecule has 1 saturated heterocycles. The number of benzene rings is 2. The average Bonchev–Trinajstić information content (AvgIpc) is 3.07. The zero-order chi connectivity index (χ0) is 18.7. The van der Waals surface area contributed by atoms with Crippen LogP contribution in [0.15, 0.2) is 47.4 Å². The van der Waals surface area contributed by atoms with Crippen molar-refractivity contribution >= 4 is 27.5 Å². The summed E-state index contributed by atoms with van der Waals surface area (Å²) >= 11 is 0. The molecule has 0 saturated carbocycles. The van der Waals surface area contributed by atoms with E-state index < -0.39 is 16.1 Å². The lowest BCUT2D eigenvalue weighted by Crippen LogP contribution is -2.23. The molecule has 9 heteroatoms. The number of ether oxygens (including phenoxy) is 3. The molecule has 0 aliphatic carbocycles. The molecule has 8 nitrogen and oxygen atoms in total. The molecular weight excluding hydrogens is 360 g/mol. The predicted octanol–water partition coefficient (Wildman–Crippen LogP) is 2.46. The molecule has 0 unspecified atom stereocenters. The summed E-state index contributed by atoms with van der Waals surface area (Å²) in [5.74, 6) is 0.910. The lowest BCUT2D eigenvalue weighted by Gasteiger charge is -2.14. The van der Waals surface area contributed by atoms with Gasteiger partial charge in [0.05, 0.1) is 31.3 Å². The van der Waals surface area contributed by atoms with Crippen LogP contribution in [0.2, 0.25) is 0 Å². The lowest BCUT2D eigenvalue weighted by molar-refractivity contribution is 0.181. The maximum Gasteiger partial charge on any atom is 0.414 e. The van der Waals surface area contributed by atoms with Gasteiger partial charge in [-0.1, -0.05) is 0 Å². The van der Waals surface area contributed by atoms with Gasteiger partial charge in [0, 0.05) is 11.8 Å². The summed E-state index contributed by atoms with van der Waals surface area (Å²) in [4.78, 5) is 13.1. The summed E-state index contributed by atoms with van der Waals surface area (Å²) in [5, 5.41) is 0. The van der Waals surface area contributed by atoms with E-state index in [1.807, 2.05) is 0 Å². The number of methoxy groups -OCH3 is 2. The molecule has 2 aromatic carbocycles. The monoisotopic (exact) mass is 378 g/mol. The van der Waals surface area contributed by atoms with E-state index in [1.165, 1.54) is 37.3 Å². The number of nitrogens with zero attached hydrogens (tertiary/aromatic N) is 1. The highest BCUT2D eigenvalue weighted by Crippen LogP contribution is 2.31. The minimum absolute atomic E-state index is 0.0728. The van der Waals surface area contributed by atoms with Crippen molar-refractivity contribution in [3.05, 3.63) is 42.5 Å². The van der Waals surface area contributed by atoms with Crippen molar-refractivity contribution in [1.82, 2.24) is 0 Å². The molecule has 0 atom stereocenters. The summed E-state index contributed by atoms with van der Waals surface area (Å²) < 4.78 is 42.8. The van der Waals surface area contributed by atoms with Gasteiger partial charge in [-0.05, 0) is 36.4 Å². The van der Waals surface area contributed by atoms with Crippen LogP contribution in [0, 0.1) is 0 Å². The SMILES string of the molecule is COc1ccc(NS(=O)(=O)c2ccc(N3CCOC3=O)cc2)cc1OC. The number of hydrogen-bond donors (Lipinski definition) is 1. The van der Waals surface area contributed by atoms with E-state index in [0.717, 1.165) is 0 Å². The van der Waals surface area contributed by atoms with Gasteiger partial charge in [-0.25, -0.2) is 13.2 Å². The fraction of sp³-hybridized carbons (Fsp3) is 0.235. The first kappa shape index (κ1) is 17.9. The lowest BCUT2D eigenvalue weighted by atomic mass is 10.3. The molecule has 26 heavy (non-hydrogen) atoms. The third-order valence-electron chi connectivity index (χ3n) is 3.86. The van der Waals surface area contributed by atoms with Crippen LogP contribution in [-0.2, 0) is 14.8 Å². The van der Waals surface area contributed by atoms with Crippen molar-refractivity contribution in [2.75, 3.05) is 37.0 Å². The third kappa shape index (κ3) is 3.52. The highest BCUT2D eigenvalue weighted by molar-refractivity contribution is 7.92. The van der Waals surface area contributed by atoms with Crippen LogP contribution in [0.5, 0.6) is 11.5 Å². The fourth-order valence-electron chi connectivity index (χ4n) is 2.55. The molecule has 0 spiro atoms. The zero-order valence-corrected chi connectivity index (χ0v) is 15.1. The summed E-state index contributed by atoms with van der Waals surface area (Å²) in [7, 11) is -0.823. The van der Waals surface area contributed by atoms with Gasteiger partial charge in [-0.15, -0.1) is 0 Å². The predicted molar refractivity (Wildman–Crippen MR) is 95.5 cm³/mol. The Labute approximate surface area is 151 Å². The van der Waals surface area contributed by atoms with Gasteiger partial charge in [0.1, 0.15) is 6.61 Å². The van der Waals surface area contributed by atoms with Gasteiger partial charge >= 0.3 is 6.09 Å². The van der Waals surface area contributed by atoms with Crippen LogP contribution in [0.4, 0.5) is 16.2 Å². The molecule has 0 aromatic heterocycles. The molecule has 3 rings (SSSR count). The topological polar surface area (TPSA) is 94.2 Å². The van der Waals surface area contributed by atoms with Crippen LogP contribution in [0.3, 0.4) is 0 Å². The van der Waals surface area contributed by atoms with E-state index in [1.54, 1.807) is 24.3 Å². The Kier molecular flexibility index (Phi) is 4.90. The average molecular weight is 378 g/mol. The number of anilines is 2. The first-order valence-electron chi connectivity index (χ1n) is 7.74. The van der Waals surface area contributed by atoms with Gasteiger partial charge < -0.3 is 14.2 Å². The number of carbonyl (C=O) groups excluding carboxylic acids is 1. The second-order valence-corrected chi connectivity index (χ2v) is 7.12. The van der Waals surface area contributed by atoms with Crippen molar-refractivity contribution in [2.45, 2.75) is 4.90 Å². The molecule has 1 amide bonds. The van der Waals surface area contributed by atoms with E-state index in [0.29, 0.717) is 36.0 Å². The summed E-state index contributed by atoms with van der Waals surface area (Å²) in [5.41, 5.74) is 0.924. The summed E-state index contributed by atoms with van der Waals surface area (Å²) in [6, 6.07) is 10.7. The number of rotatable bonds is 6. The number of hydrogen-bond acceptors (Lipinski definition) is 6. The van der Waals surface area contributed by atoms with Crippen molar-refractivity contribution in [3.8, 4) is 11.5 Å². The van der Waals surface area contributed by atoms with Crippen LogP contribution >= 0.6 is 0 Å². The molecule has 2 aromatic rings. The number of nitrogens with one attached hydrogen (secondary N) is 1. The van der Waals surface area contributed by atoms with E-state index in [2.05, 4.69) is 4.72 Å². The summed E-state index contributed by atoms with van der Waals surface area (Å²) in [6.45, 7) is 0.758. The Balaban J connectivity index is 1.81. The maximum absolute atomic E-state index is 12.6. The van der Waals surface area contributed by atoms with Crippen LogP contribution in [0.25, 0.3) is 0 Å². The van der Waals surface area contributed by atoms with Crippen molar-refractivity contribution < 1.29 is 27.4 Å². The summed E-state index contributed by atoms with van der Waals surface area (Å²) in [6.07, 6.45) is -0.441. The second-order valence-electron chi connectivity index (χ2n) is 5.44. The number of sulfonamides is 1. The van der Waals surface area contributed by atoms with Gasteiger partial charge in [-0.2, -0.15) is 0 Å². The van der Waals surface area contributed by atoms with Gasteiger partial charge in [-0.3, -0.25) is 9.62 Å². The van der Waals surface area contributed by atoms with Gasteiger partial charge in [0.15, 0.2) is 11.5 Å². The number of amides is 1. The Morgan fingerprint density at radius 1 is 1.04 bits per heavy atom. The minimum Gasteiger partial charge on any atom is -0.493 e. The first-order valence-corrected chi connectivity index (χ1v) is 9.22. The highest BCUT2D eigenvalue weighted by Gasteiger charge is 2.24. The normalized spacial score (nSPS) is 14.1.